The topological polar surface area (TPSA) is 117 Å². The zero-order chi connectivity index (χ0) is 40.1. The van der Waals surface area contributed by atoms with Gasteiger partial charge in [-0.1, -0.05) is 146 Å². The summed E-state index contributed by atoms with van der Waals surface area (Å²) in [5.74, 6) is -0.440. The summed E-state index contributed by atoms with van der Waals surface area (Å²) in [7, 11) is 0. The third-order valence-corrected chi connectivity index (χ3v) is 10.1. The van der Waals surface area contributed by atoms with Gasteiger partial charge in [-0.25, -0.2) is 9.59 Å². The molecule has 0 saturated carbocycles. The van der Waals surface area contributed by atoms with Crippen LogP contribution in [0.25, 0.3) is 0 Å². The lowest BCUT2D eigenvalue weighted by Gasteiger charge is -2.35. The van der Waals surface area contributed by atoms with Gasteiger partial charge in [0.25, 0.3) is 0 Å². The van der Waals surface area contributed by atoms with Gasteiger partial charge in [0.15, 0.2) is 0 Å². The molecule has 0 aliphatic carbocycles. The Morgan fingerprint density at radius 2 is 0.741 bits per heavy atom. The third kappa shape index (κ3) is 10.2. The van der Waals surface area contributed by atoms with Gasteiger partial charge in [-0.2, -0.15) is 0 Å². The molecule has 6 aromatic carbocycles. The molecule has 8 rings (SSSR count). The average molecular weight is 773 g/mol. The minimum Gasteiger partial charge on any atom is -0.445 e. The lowest BCUT2D eigenvalue weighted by molar-refractivity contribution is -0.122. The van der Waals surface area contributed by atoms with Crippen LogP contribution in [0.3, 0.4) is 0 Å². The zero-order valence-electron chi connectivity index (χ0n) is 31.9. The average Bonchev–Trinajstić information content (AvgIpc) is 3.28. The van der Waals surface area contributed by atoms with Crippen molar-refractivity contribution >= 4 is 35.4 Å². The van der Waals surface area contributed by atoms with Gasteiger partial charge in [-0.15, -0.1) is 0 Å². The summed E-state index contributed by atoms with van der Waals surface area (Å²) in [6.07, 6.45) is -0.0713. The second kappa shape index (κ2) is 19.1. The number of ether oxygens (including phenoxy) is 2. The Hall–Kier alpha value is -7.20. The van der Waals surface area contributed by atoms with Gasteiger partial charge in [-0.05, 0) is 57.6 Å². The van der Waals surface area contributed by atoms with Crippen molar-refractivity contribution in [1.82, 2.24) is 9.80 Å². The molecule has 2 aliphatic heterocycles. The van der Waals surface area contributed by atoms with Crippen LogP contribution < -0.4 is 10.6 Å². The fraction of sp³-hybridized carbons (Fsp3) is 0.167. The molecule has 292 valence electrons. The smallest absolute Gasteiger partial charge is 0.411 e. The summed E-state index contributed by atoms with van der Waals surface area (Å²) >= 11 is 0. The molecule has 2 aliphatic rings. The molecule has 0 saturated heterocycles. The standard InChI is InChI=1S/2C24H22N2O3/c2*27-23(25-21-13-5-2-6-14-21)22-15-19-11-7-8-12-20(19)16-26(22)24(28)29-17-18-9-3-1-4-10-18/h2*1-14,22H,15-17H2,(H,25,27)/t2*22-/m00/s1. The van der Waals surface area contributed by atoms with E-state index < -0.39 is 24.3 Å². The van der Waals surface area contributed by atoms with Crippen LogP contribution in [-0.2, 0) is 58.2 Å². The number of anilines is 2. The van der Waals surface area contributed by atoms with Crippen molar-refractivity contribution < 1.29 is 28.7 Å². The molecule has 10 heteroatoms. The first-order chi connectivity index (χ1) is 28.4. The third-order valence-electron chi connectivity index (χ3n) is 10.1. The van der Waals surface area contributed by atoms with Crippen LogP contribution in [0.5, 0.6) is 0 Å². The van der Waals surface area contributed by atoms with E-state index in [9.17, 15) is 19.2 Å². The van der Waals surface area contributed by atoms with E-state index >= 15 is 0 Å². The van der Waals surface area contributed by atoms with Gasteiger partial charge < -0.3 is 20.1 Å². The van der Waals surface area contributed by atoms with Crippen LogP contribution in [0.1, 0.15) is 33.4 Å². The molecule has 0 unspecified atom stereocenters. The minimum atomic E-state index is -0.631. The van der Waals surface area contributed by atoms with E-state index in [0.717, 1.165) is 33.4 Å². The fourth-order valence-electron chi connectivity index (χ4n) is 7.00. The normalized spacial score (nSPS) is 15.3. The number of rotatable bonds is 8. The lowest BCUT2D eigenvalue weighted by atomic mass is 9.94. The SMILES string of the molecule is O=C(Nc1ccccc1)[C@@H]1Cc2ccccc2CN1C(=O)OCc1ccccc1.O=C(Nc1ccccc1)[C@@H]1Cc2ccccc2CN1C(=O)OCc1ccccc1. The van der Waals surface area contributed by atoms with Crippen molar-refractivity contribution in [3.05, 3.63) is 203 Å². The lowest BCUT2D eigenvalue weighted by Crippen LogP contribution is -2.50. The Balaban J connectivity index is 0.000000177. The summed E-state index contributed by atoms with van der Waals surface area (Å²) in [5.41, 5.74) is 7.44. The molecule has 0 radical (unpaired) electrons. The quantitative estimate of drug-likeness (QED) is 0.160. The molecule has 2 heterocycles. The van der Waals surface area contributed by atoms with Crippen molar-refractivity contribution in [3.63, 3.8) is 0 Å². The van der Waals surface area contributed by atoms with Gasteiger partial charge in [0.05, 0.1) is 13.1 Å². The first-order valence-corrected chi connectivity index (χ1v) is 19.2. The molecular formula is C48H44N4O6. The molecule has 2 atom stereocenters. The van der Waals surface area contributed by atoms with Gasteiger partial charge in [0.2, 0.25) is 11.8 Å². The van der Waals surface area contributed by atoms with Crippen LogP contribution >= 0.6 is 0 Å². The number of hydrogen-bond donors (Lipinski definition) is 2. The molecule has 0 fully saturated rings. The molecule has 0 bridgehead atoms. The number of nitrogens with one attached hydrogen (secondary N) is 2. The molecule has 0 spiro atoms. The monoisotopic (exact) mass is 772 g/mol. The van der Waals surface area contributed by atoms with Crippen molar-refractivity contribution in [1.29, 1.82) is 0 Å². The highest BCUT2D eigenvalue weighted by atomic mass is 16.6. The Morgan fingerprint density at radius 3 is 1.10 bits per heavy atom. The zero-order valence-corrected chi connectivity index (χ0v) is 31.9. The summed E-state index contributed by atoms with van der Waals surface area (Å²) in [4.78, 5) is 54.8. The van der Waals surface area contributed by atoms with E-state index in [1.807, 2.05) is 170 Å². The largest absolute Gasteiger partial charge is 0.445 e. The van der Waals surface area contributed by atoms with Crippen LogP contribution in [-0.4, -0.2) is 45.9 Å². The maximum Gasteiger partial charge on any atom is 0.411 e. The second-order valence-electron chi connectivity index (χ2n) is 14.0. The second-order valence-corrected chi connectivity index (χ2v) is 14.0. The van der Waals surface area contributed by atoms with Crippen molar-refractivity contribution in [2.45, 2.75) is 51.2 Å². The molecule has 10 nitrogen and oxygen atoms in total. The van der Waals surface area contributed by atoms with Crippen LogP contribution in [0.4, 0.5) is 21.0 Å². The predicted octanol–water partition coefficient (Wildman–Crippen LogP) is 8.78. The number of nitrogens with zero attached hydrogens (tertiary/aromatic N) is 2. The number of para-hydroxylation sites is 2. The van der Waals surface area contributed by atoms with Crippen molar-refractivity contribution in [3.8, 4) is 0 Å². The van der Waals surface area contributed by atoms with Gasteiger partial charge in [-0.3, -0.25) is 19.4 Å². The van der Waals surface area contributed by atoms with Crippen molar-refractivity contribution in [2.24, 2.45) is 0 Å². The number of fused-ring (bicyclic) bond motifs is 2. The van der Waals surface area contributed by atoms with Crippen molar-refractivity contribution in [2.75, 3.05) is 10.6 Å². The minimum absolute atomic E-state index is 0.171. The molecule has 0 aromatic heterocycles. The predicted molar refractivity (Wildman–Crippen MR) is 222 cm³/mol. The Bertz CT molecular complexity index is 2140. The summed E-state index contributed by atoms with van der Waals surface area (Å²) < 4.78 is 11.0. The first kappa shape index (κ1) is 39.1. The number of carbonyl (C=O) groups is 4. The van der Waals surface area contributed by atoms with E-state index in [-0.39, 0.29) is 25.0 Å². The number of benzene rings is 6. The Kier molecular flexibility index (Phi) is 12.9. The maximum atomic E-state index is 13.0. The van der Waals surface area contributed by atoms with E-state index in [2.05, 4.69) is 10.6 Å². The summed E-state index contributed by atoms with van der Waals surface area (Å²) in [6.45, 7) is 1.03. The summed E-state index contributed by atoms with van der Waals surface area (Å²) in [5, 5.41) is 5.83. The van der Waals surface area contributed by atoms with E-state index in [1.54, 1.807) is 0 Å². The number of amides is 4. The van der Waals surface area contributed by atoms with Crippen LogP contribution in [0.15, 0.2) is 170 Å². The highest BCUT2D eigenvalue weighted by molar-refractivity contribution is 5.98. The molecule has 58 heavy (non-hydrogen) atoms. The molecular weight excluding hydrogens is 729 g/mol. The van der Waals surface area contributed by atoms with Gasteiger partial charge >= 0.3 is 12.2 Å². The van der Waals surface area contributed by atoms with Gasteiger partial charge in [0, 0.05) is 24.2 Å². The Morgan fingerprint density at radius 1 is 0.431 bits per heavy atom. The fourth-order valence-corrected chi connectivity index (χ4v) is 7.00. The maximum absolute atomic E-state index is 13.0. The van der Waals surface area contributed by atoms with Crippen LogP contribution in [0.2, 0.25) is 0 Å². The van der Waals surface area contributed by atoms with E-state index in [0.29, 0.717) is 37.3 Å². The van der Waals surface area contributed by atoms with E-state index in [1.165, 1.54) is 9.80 Å². The van der Waals surface area contributed by atoms with Crippen LogP contribution in [0, 0.1) is 0 Å². The molecule has 6 aromatic rings. The van der Waals surface area contributed by atoms with E-state index in [4.69, 9.17) is 9.47 Å². The number of carbonyl (C=O) groups excluding carboxylic acids is 4. The highest BCUT2D eigenvalue weighted by Crippen LogP contribution is 2.27. The van der Waals surface area contributed by atoms with Gasteiger partial charge in [0.1, 0.15) is 25.3 Å². The molecule has 2 N–H and O–H groups in total. The molecule has 4 amide bonds. The first-order valence-electron chi connectivity index (χ1n) is 19.2. The number of hydrogen-bond acceptors (Lipinski definition) is 6. The Labute approximate surface area is 338 Å². The summed E-state index contributed by atoms with van der Waals surface area (Å²) in [6, 6.07) is 52.0. The highest BCUT2D eigenvalue weighted by Gasteiger charge is 2.37.